The van der Waals surface area contributed by atoms with Crippen LogP contribution in [0.3, 0.4) is 0 Å². The number of hydrogen-bond acceptors (Lipinski definition) is 3. The van der Waals surface area contributed by atoms with E-state index in [0.717, 1.165) is 12.8 Å². The Bertz CT molecular complexity index is 384. The van der Waals surface area contributed by atoms with Crippen LogP contribution >= 0.6 is 0 Å². The average molecular weight is 278 g/mol. The summed E-state index contributed by atoms with van der Waals surface area (Å²) in [5.41, 5.74) is 1.90. The highest BCUT2D eigenvalue weighted by molar-refractivity contribution is 5.89. The van der Waals surface area contributed by atoms with E-state index in [2.05, 4.69) is 13.8 Å². The molecule has 20 heavy (non-hydrogen) atoms. The topological polar surface area (TPSA) is 35.5 Å². The van der Waals surface area contributed by atoms with Crippen molar-refractivity contribution >= 4 is 5.97 Å². The van der Waals surface area contributed by atoms with Gasteiger partial charge in [0.1, 0.15) is 0 Å². The van der Waals surface area contributed by atoms with E-state index in [-0.39, 0.29) is 5.97 Å². The van der Waals surface area contributed by atoms with Gasteiger partial charge in [-0.05, 0) is 42.9 Å². The van der Waals surface area contributed by atoms with Gasteiger partial charge in [-0.3, -0.25) is 0 Å². The van der Waals surface area contributed by atoms with Crippen LogP contribution in [0.25, 0.3) is 0 Å². The lowest BCUT2D eigenvalue weighted by Crippen LogP contribution is -2.13. The van der Waals surface area contributed by atoms with Gasteiger partial charge in [0.2, 0.25) is 0 Å². The molecule has 0 N–H and O–H groups in total. The van der Waals surface area contributed by atoms with Gasteiger partial charge < -0.3 is 9.47 Å². The molecular weight excluding hydrogens is 252 g/mol. The Morgan fingerprint density at radius 2 is 1.95 bits per heavy atom. The number of carbonyl (C=O) groups excluding carboxylic acids is 1. The number of methoxy groups -OCH3 is 1. The third-order valence-corrected chi connectivity index (χ3v) is 3.32. The maximum atomic E-state index is 11.9. The highest BCUT2D eigenvalue weighted by atomic mass is 16.5. The van der Waals surface area contributed by atoms with Gasteiger partial charge >= 0.3 is 5.97 Å². The van der Waals surface area contributed by atoms with Gasteiger partial charge in [-0.15, -0.1) is 0 Å². The highest BCUT2D eigenvalue weighted by Crippen LogP contribution is 2.10. The highest BCUT2D eigenvalue weighted by Gasteiger charge is 2.09. The van der Waals surface area contributed by atoms with Crippen molar-refractivity contribution in [2.24, 2.45) is 5.92 Å². The van der Waals surface area contributed by atoms with Crippen LogP contribution in [0.5, 0.6) is 0 Å². The molecule has 0 aromatic heterocycles. The van der Waals surface area contributed by atoms with Crippen molar-refractivity contribution in [3.05, 3.63) is 35.4 Å². The van der Waals surface area contributed by atoms with E-state index < -0.39 is 0 Å². The van der Waals surface area contributed by atoms with Crippen molar-refractivity contribution in [2.45, 2.75) is 39.5 Å². The van der Waals surface area contributed by atoms with Gasteiger partial charge in [-0.25, -0.2) is 4.79 Å². The molecule has 1 aromatic carbocycles. The van der Waals surface area contributed by atoms with Crippen molar-refractivity contribution in [3.8, 4) is 0 Å². The summed E-state index contributed by atoms with van der Waals surface area (Å²) in [5, 5.41) is 0. The number of unbranched alkanes of at least 4 members (excludes halogenated alkanes) is 1. The number of carbonyl (C=O) groups is 1. The number of hydrogen-bond donors (Lipinski definition) is 0. The molecule has 0 aliphatic heterocycles. The standard InChI is InChI=1S/C17H26O3/c1-4-5-6-15-7-9-16(10-8-15)17(18)20-13-14(2)11-12-19-3/h7-10,14H,4-6,11-13H2,1-3H3. The molecule has 3 heteroatoms. The van der Waals surface area contributed by atoms with Gasteiger partial charge in [-0.2, -0.15) is 0 Å². The fourth-order valence-electron chi connectivity index (χ4n) is 1.89. The summed E-state index contributed by atoms with van der Waals surface area (Å²) in [6.45, 7) is 5.38. The van der Waals surface area contributed by atoms with Crippen LogP contribution in [0.1, 0.15) is 49.0 Å². The van der Waals surface area contributed by atoms with Crippen LogP contribution in [0.4, 0.5) is 0 Å². The molecule has 1 atom stereocenters. The molecule has 0 aliphatic rings. The summed E-state index contributed by atoms with van der Waals surface area (Å²) in [5.74, 6) is 0.0824. The molecule has 3 nitrogen and oxygen atoms in total. The molecule has 1 aromatic rings. The molecule has 0 saturated heterocycles. The van der Waals surface area contributed by atoms with E-state index in [9.17, 15) is 4.79 Å². The molecular formula is C17H26O3. The van der Waals surface area contributed by atoms with Crippen LogP contribution in [0, 0.1) is 5.92 Å². The zero-order chi connectivity index (χ0) is 14.8. The minimum absolute atomic E-state index is 0.240. The molecule has 0 saturated carbocycles. The second-order valence-corrected chi connectivity index (χ2v) is 5.29. The predicted octanol–water partition coefficient (Wildman–Crippen LogP) is 3.86. The summed E-state index contributed by atoms with van der Waals surface area (Å²) < 4.78 is 10.3. The summed E-state index contributed by atoms with van der Waals surface area (Å²) in [4.78, 5) is 11.9. The first-order valence-electron chi connectivity index (χ1n) is 7.42. The zero-order valence-electron chi connectivity index (χ0n) is 12.9. The Balaban J connectivity index is 2.39. The molecule has 0 bridgehead atoms. The molecule has 1 unspecified atom stereocenters. The fourth-order valence-corrected chi connectivity index (χ4v) is 1.89. The number of benzene rings is 1. The summed E-state index contributed by atoms with van der Waals surface area (Å²) >= 11 is 0. The van der Waals surface area contributed by atoms with Crippen LogP contribution in [-0.4, -0.2) is 26.3 Å². The van der Waals surface area contributed by atoms with E-state index >= 15 is 0 Å². The lowest BCUT2D eigenvalue weighted by Gasteiger charge is -2.11. The summed E-state index contributed by atoms with van der Waals surface area (Å²) in [7, 11) is 1.68. The second kappa shape index (κ2) is 9.54. The van der Waals surface area contributed by atoms with Gasteiger partial charge in [0, 0.05) is 13.7 Å². The van der Waals surface area contributed by atoms with Crippen molar-refractivity contribution < 1.29 is 14.3 Å². The van der Waals surface area contributed by atoms with Gasteiger partial charge in [0.15, 0.2) is 0 Å². The third-order valence-electron chi connectivity index (χ3n) is 3.32. The lowest BCUT2D eigenvalue weighted by molar-refractivity contribution is 0.0424. The van der Waals surface area contributed by atoms with E-state index in [1.165, 1.54) is 18.4 Å². The Morgan fingerprint density at radius 3 is 2.55 bits per heavy atom. The summed E-state index contributed by atoms with van der Waals surface area (Å²) in [6.07, 6.45) is 4.34. The van der Waals surface area contributed by atoms with Crippen LogP contribution in [0.2, 0.25) is 0 Å². The van der Waals surface area contributed by atoms with Gasteiger partial charge in [0.25, 0.3) is 0 Å². The number of aryl methyl sites for hydroxylation is 1. The number of ether oxygens (including phenoxy) is 2. The van der Waals surface area contributed by atoms with Crippen molar-refractivity contribution in [2.75, 3.05) is 20.3 Å². The molecule has 0 aliphatic carbocycles. The predicted molar refractivity (Wildman–Crippen MR) is 81.0 cm³/mol. The Labute approximate surface area is 122 Å². The monoisotopic (exact) mass is 278 g/mol. The smallest absolute Gasteiger partial charge is 0.338 e. The molecule has 0 fully saturated rings. The Morgan fingerprint density at radius 1 is 1.25 bits per heavy atom. The van der Waals surface area contributed by atoms with Crippen LogP contribution in [0.15, 0.2) is 24.3 Å². The minimum Gasteiger partial charge on any atom is -0.462 e. The van der Waals surface area contributed by atoms with Crippen LogP contribution in [-0.2, 0) is 15.9 Å². The molecule has 0 spiro atoms. The normalized spacial score (nSPS) is 12.2. The molecule has 1 rings (SSSR count). The second-order valence-electron chi connectivity index (χ2n) is 5.29. The van der Waals surface area contributed by atoms with Crippen molar-refractivity contribution in [1.29, 1.82) is 0 Å². The number of rotatable bonds is 9. The molecule has 112 valence electrons. The first-order valence-corrected chi connectivity index (χ1v) is 7.42. The first-order chi connectivity index (χ1) is 9.67. The largest absolute Gasteiger partial charge is 0.462 e. The maximum absolute atomic E-state index is 11.9. The first kappa shape index (κ1) is 16.7. The fraction of sp³-hybridized carbons (Fsp3) is 0.588. The zero-order valence-corrected chi connectivity index (χ0v) is 12.9. The Hall–Kier alpha value is -1.35. The maximum Gasteiger partial charge on any atom is 0.338 e. The molecule has 0 heterocycles. The van der Waals surface area contributed by atoms with Gasteiger partial charge in [0.05, 0.1) is 12.2 Å². The van der Waals surface area contributed by atoms with Crippen molar-refractivity contribution in [1.82, 2.24) is 0 Å². The number of esters is 1. The average Bonchev–Trinajstić information content (AvgIpc) is 2.49. The summed E-state index contributed by atoms with van der Waals surface area (Å²) in [6, 6.07) is 7.74. The third kappa shape index (κ3) is 6.20. The Kier molecular flexibility index (Phi) is 7.97. The van der Waals surface area contributed by atoms with E-state index in [4.69, 9.17) is 9.47 Å². The quantitative estimate of drug-likeness (QED) is 0.643. The van der Waals surface area contributed by atoms with Crippen LogP contribution < -0.4 is 0 Å². The molecule has 0 radical (unpaired) electrons. The molecule has 0 amide bonds. The van der Waals surface area contributed by atoms with E-state index in [1.807, 2.05) is 24.3 Å². The minimum atomic E-state index is -0.240. The lowest BCUT2D eigenvalue weighted by atomic mass is 10.1. The van der Waals surface area contributed by atoms with E-state index in [0.29, 0.717) is 24.7 Å². The van der Waals surface area contributed by atoms with E-state index in [1.54, 1.807) is 7.11 Å². The van der Waals surface area contributed by atoms with Crippen molar-refractivity contribution in [3.63, 3.8) is 0 Å². The SMILES string of the molecule is CCCCc1ccc(C(=O)OCC(C)CCOC)cc1. The van der Waals surface area contributed by atoms with Gasteiger partial charge in [-0.1, -0.05) is 32.4 Å².